The van der Waals surface area contributed by atoms with E-state index in [1.54, 1.807) is 0 Å². The third-order valence-electron chi connectivity index (χ3n) is 5.21. The summed E-state index contributed by atoms with van der Waals surface area (Å²) in [5.74, 6) is 2.94. The minimum Gasteiger partial charge on any atom is -0.454 e. The van der Waals surface area contributed by atoms with Crippen molar-refractivity contribution >= 4 is 11.7 Å². The summed E-state index contributed by atoms with van der Waals surface area (Å²) in [4.78, 5) is 12.7. The Balaban J connectivity index is 1.33. The fraction of sp³-hybridized carbons (Fsp3) is 0.208. The van der Waals surface area contributed by atoms with Gasteiger partial charge in [-0.2, -0.15) is 0 Å². The minimum atomic E-state index is -0.252. The van der Waals surface area contributed by atoms with E-state index in [0.717, 1.165) is 39.8 Å². The van der Waals surface area contributed by atoms with Crippen LogP contribution in [0.5, 0.6) is 23.0 Å². The van der Waals surface area contributed by atoms with E-state index in [1.165, 1.54) is 0 Å². The number of ether oxygens (including phenoxy) is 4. The number of fused-ring (bicyclic) bond motifs is 2. The molecule has 0 radical (unpaired) electrons. The average molecular weight is 418 g/mol. The highest BCUT2D eigenvalue weighted by Gasteiger charge is 2.20. The van der Waals surface area contributed by atoms with Crippen LogP contribution in [0.2, 0.25) is 0 Å². The Labute approximate surface area is 179 Å². The molecule has 0 saturated heterocycles. The number of amides is 2. The molecule has 3 aromatic carbocycles. The Kier molecular flexibility index (Phi) is 5.22. The molecule has 7 heteroatoms. The van der Waals surface area contributed by atoms with E-state index in [9.17, 15) is 4.79 Å². The van der Waals surface area contributed by atoms with Crippen molar-refractivity contribution in [2.24, 2.45) is 0 Å². The van der Waals surface area contributed by atoms with Crippen LogP contribution < -0.4 is 29.6 Å². The molecule has 2 N–H and O–H groups in total. The quantitative estimate of drug-likeness (QED) is 0.630. The molecule has 158 valence electrons. The van der Waals surface area contributed by atoms with Crippen LogP contribution in [0, 0.1) is 0 Å². The minimum absolute atomic E-state index is 0.149. The average Bonchev–Trinajstić information content (AvgIpc) is 3.42. The lowest BCUT2D eigenvalue weighted by Gasteiger charge is -2.20. The highest BCUT2D eigenvalue weighted by atomic mass is 16.7. The van der Waals surface area contributed by atoms with Crippen LogP contribution in [0.4, 0.5) is 10.5 Å². The summed E-state index contributed by atoms with van der Waals surface area (Å²) in [6, 6.07) is 20.7. The Morgan fingerprint density at radius 2 is 1.29 bits per heavy atom. The Morgan fingerprint density at radius 3 is 1.87 bits per heavy atom. The number of urea groups is 1. The summed E-state index contributed by atoms with van der Waals surface area (Å²) in [7, 11) is 0. The van der Waals surface area contributed by atoms with Crippen molar-refractivity contribution in [2.75, 3.05) is 18.9 Å². The van der Waals surface area contributed by atoms with Gasteiger partial charge in [-0.05, 0) is 60.4 Å². The van der Waals surface area contributed by atoms with Gasteiger partial charge in [-0.15, -0.1) is 0 Å². The summed E-state index contributed by atoms with van der Waals surface area (Å²) in [5.41, 5.74) is 2.84. The number of anilines is 1. The maximum absolute atomic E-state index is 12.7. The van der Waals surface area contributed by atoms with Crippen molar-refractivity contribution in [1.82, 2.24) is 5.32 Å². The first-order chi connectivity index (χ1) is 15.2. The van der Waals surface area contributed by atoms with Crippen LogP contribution in [-0.2, 0) is 12.8 Å². The Morgan fingerprint density at radius 1 is 0.742 bits per heavy atom. The SMILES string of the molecule is O=C(Nc1ccccc1)NC(Cc1ccc2c(c1)OCO2)Cc1ccc2c(c1)OCO2. The van der Waals surface area contributed by atoms with Crippen LogP contribution in [0.25, 0.3) is 0 Å². The number of nitrogens with one attached hydrogen (secondary N) is 2. The molecule has 0 fully saturated rings. The second-order valence-corrected chi connectivity index (χ2v) is 7.44. The van der Waals surface area contributed by atoms with Crippen LogP contribution in [0.3, 0.4) is 0 Å². The van der Waals surface area contributed by atoms with Crippen molar-refractivity contribution in [2.45, 2.75) is 18.9 Å². The molecule has 0 aliphatic carbocycles. The van der Waals surface area contributed by atoms with Gasteiger partial charge in [0.25, 0.3) is 0 Å². The second-order valence-electron chi connectivity index (χ2n) is 7.44. The van der Waals surface area contributed by atoms with Gasteiger partial charge in [-0.25, -0.2) is 4.79 Å². The zero-order valence-electron chi connectivity index (χ0n) is 16.8. The lowest BCUT2D eigenvalue weighted by molar-refractivity contribution is 0.173. The lowest BCUT2D eigenvalue weighted by atomic mass is 9.98. The standard InChI is InChI=1S/C24H22N2O5/c27-24(25-18-4-2-1-3-5-18)26-19(10-16-6-8-20-22(12-16)30-14-28-20)11-17-7-9-21-23(13-17)31-15-29-21/h1-9,12-13,19H,10-11,14-15H2,(H2,25,26,27). The molecule has 0 saturated carbocycles. The molecule has 3 aromatic rings. The predicted molar refractivity (Wildman–Crippen MR) is 115 cm³/mol. The fourth-order valence-electron chi connectivity index (χ4n) is 3.75. The maximum atomic E-state index is 12.7. The van der Waals surface area contributed by atoms with Crippen LogP contribution in [0.1, 0.15) is 11.1 Å². The van der Waals surface area contributed by atoms with Crippen LogP contribution in [0.15, 0.2) is 66.7 Å². The number of carbonyl (C=O) groups is 1. The van der Waals surface area contributed by atoms with Crippen molar-refractivity contribution in [3.05, 3.63) is 77.9 Å². The van der Waals surface area contributed by atoms with Crippen molar-refractivity contribution in [3.63, 3.8) is 0 Å². The lowest BCUT2D eigenvalue weighted by Crippen LogP contribution is -2.40. The molecular weight excluding hydrogens is 396 g/mol. The molecule has 5 rings (SSSR count). The molecule has 7 nitrogen and oxygen atoms in total. The zero-order valence-corrected chi connectivity index (χ0v) is 16.8. The summed E-state index contributed by atoms with van der Waals surface area (Å²) >= 11 is 0. The first kappa shape index (κ1) is 19.1. The molecule has 0 spiro atoms. The maximum Gasteiger partial charge on any atom is 0.319 e. The van der Waals surface area contributed by atoms with Gasteiger partial charge in [0.15, 0.2) is 23.0 Å². The second kappa shape index (κ2) is 8.47. The van der Waals surface area contributed by atoms with E-state index in [0.29, 0.717) is 12.8 Å². The molecule has 0 aromatic heterocycles. The summed E-state index contributed by atoms with van der Waals surface area (Å²) in [6.07, 6.45) is 1.26. The van der Waals surface area contributed by atoms with Crippen LogP contribution in [-0.4, -0.2) is 25.7 Å². The molecule has 0 unspecified atom stereocenters. The summed E-state index contributed by atoms with van der Waals surface area (Å²) in [6.45, 7) is 0.467. The molecular formula is C24H22N2O5. The number of rotatable bonds is 6. The van der Waals surface area contributed by atoms with E-state index in [4.69, 9.17) is 18.9 Å². The van der Waals surface area contributed by atoms with Crippen molar-refractivity contribution in [3.8, 4) is 23.0 Å². The number of carbonyl (C=O) groups excluding carboxylic acids is 1. The number of hydrogen-bond acceptors (Lipinski definition) is 5. The highest BCUT2D eigenvalue weighted by Crippen LogP contribution is 2.34. The van der Waals surface area contributed by atoms with E-state index in [1.807, 2.05) is 66.7 Å². The number of para-hydroxylation sites is 1. The number of benzene rings is 3. The normalized spacial score (nSPS) is 13.3. The largest absolute Gasteiger partial charge is 0.454 e. The monoisotopic (exact) mass is 418 g/mol. The van der Waals surface area contributed by atoms with Crippen molar-refractivity contribution in [1.29, 1.82) is 0 Å². The first-order valence-electron chi connectivity index (χ1n) is 10.1. The fourth-order valence-corrected chi connectivity index (χ4v) is 3.75. The first-order valence-corrected chi connectivity index (χ1v) is 10.1. The highest BCUT2D eigenvalue weighted by molar-refractivity contribution is 5.89. The summed E-state index contributed by atoms with van der Waals surface area (Å²) < 4.78 is 21.8. The van der Waals surface area contributed by atoms with E-state index in [2.05, 4.69) is 10.6 Å². The van der Waals surface area contributed by atoms with Gasteiger partial charge in [0, 0.05) is 11.7 Å². The molecule has 2 aliphatic heterocycles. The van der Waals surface area contributed by atoms with Gasteiger partial charge in [0.2, 0.25) is 13.6 Å². The van der Waals surface area contributed by atoms with Gasteiger partial charge < -0.3 is 29.6 Å². The molecule has 2 amide bonds. The third kappa shape index (κ3) is 4.50. The Bertz CT molecular complexity index is 1030. The zero-order chi connectivity index (χ0) is 21.0. The third-order valence-corrected chi connectivity index (χ3v) is 5.21. The smallest absolute Gasteiger partial charge is 0.319 e. The van der Waals surface area contributed by atoms with Gasteiger partial charge in [0.1, 0.15) is 0 Å². The van der Waals surface area contributed by atoms with Gasteiger partial charge in [-0.1, -0.05) is 30.3 Å². The molecule has 2 heterocycles. The van der Waals surface area contributed by atoms with Gasteiger partial charge >= 0.3 is 6.03 Å². The Hall–Kier alpha value is -3.87. The van der Waals surface area contributed by atoms with Gasteiger partial charge in [0.05, 0.1) is 0 Å². The summed E-state index contributed by atoms with van der Waals surface area (Å²) in [5, 5.41) is 5.99. The van der Waals surface area contributed by atoms with E-state index < -0.39 is 0 Å². The van der Waals surface area contributed by atoms with Gasteiger partial charge in [-0.3, -0.25) is 0 Å². The van der Waals surface area contributed by atoms with E-state index in [-0.39, 0.29) is 25.7 Å². The van der Waals surface area contributed by atoms with Crippen LogP contribution >= 0.6 is 0 Å². The molecule has 2 aliphatic rings. The predicted octanol–water partition coefficient (Wildman–Crippen LogP) is 4.12. The topological polar surface area (TPSA) is 78.1 Å². The van der Waals surface area contributed by atoms with Crippen molar-refractivity contribution < 1.29 is 23.7 Å². The number of hydrogen-bond donors (Lipinski definition) is 2. The molecule has 0 bridgehead atoms. The molecule has 0 atom stereocenters. The molecule has 31 heavy (non-hydrogen) atoms. The van der Waals surface area contributed by atoms with E-state index >= 15 is 0 Å².